The third-order valence-electron chi connectivity index (χ3n) is 2.16. The zero-order chi connectivity index (χ0) is 8.32. The Morgan fingerprint density at radius 2 is 2.09 bits per heavy atom. The van der Waals surface area contributed by atoms with E-state index in [1.165, 1.54) is 24.6 Å². The molecule has 0 spiro atoms. The summed E-state index contributed by atoms with van der Waals surface area (Å²) in [5.41, 5.74) is 6.00. The van der Waals surface area contributed by atoms with E-state index in [2.05, 4.69) is 0 Å². The van der Waals surface area contributed by atoms with Crippen molar-refractivity contribution in [3.63, 3.8) is 0 Å². The highest BCUT2D eigenvalue weighted by Crippen LogP contribution is 2.30. The minimum Gasteiger partial charge on any atom is -0.324 e. The molecule has 1 rings (SSSR count). The van der Waals surface area contributed by atoms with Crippen LogP contribution in [0.3, 0.4) is 0 Å². The summed E-state index contributed by atoms with van der Waals surface area (Å²) in [6.45, 7) is 1.60. The molecule has 0 atom stereocenters. The molecule has 0 aromatic carbocycles. The van der Waals surface area contributed by atoms with Gasteiger partial charge in [0.2, 0.25) is 0 Å². The summed E-state index contributed by atoms with van der Waals surface area (Å²) in [5, 5.41) is 0.182. The van der Waals surface area contributed by atoms with Gasteiger partial charge in [0.05, 0.1) is 0 Å². The first-order valence-corrected chi connectivity index (χ1v) is 5.03. The summed E-state index contributed by atoms with van der Waals surface area (Å²) in [6.07, 6.45) is 4.64. The van der Waals surface area contributed by atoms with Gasteiger partial charge in [0.25, 0.3) is 0 Å². The van der Waals surface area contributed by atoms with Gasteiger partial charge in [0.15, 0.2) is 5.12 Å². The van der Waals surface area contributed by atoms with Crippen LogP contribution in [0, 0.1) is 0 Å². The van der Waals surface area contributed by atoms with E-state index in [0.29, 0.717) is 0 Å². The van der Waals surface area contributed by atoms with Gasteiger partial charge < -0.3 is 5.73 Å². The van der Waals surface area contributed by atoms with E-state index in [1.807, 2.05) is 0 Å². The molecule has 1 aliphatic rings. The largest absolute Gasteiger partial charge is 0.324 e. The smallest absolute Gasteiger partial charge is 0.185 e. The Balaban J connectivity index is 2.28. The van der Waals surface area contributed by atoms with E-state index >= 15 is 0 Å². The molecule has 0 saturated heterocycles. The van der Waals surface area contributed by atoms with Gasteiger partial charge in [-0.3, -0.25) is 4.79 Å². The number of thioether (sulfide) groups is 1. The second kappa shape index (κ2) is 3.59. The fourth-order valence-corrected chi connectivity index (χ4v) is 2.25. The van der Waals surface area contributed by atoms with Crippen LogP contribution >= 0.6 is 11.8 Å². The molecule has 0 bridgehead atoms. The summed E-state index contributed by atoms with van der Waals surface area (Å²) in [5.74, 6) is 0.808. The lowest BCUT2D eigenvalue weighted by Crippen LogP contribution is -2.39. The van der Waals surface area contributed by atoms with Crippen LogP contribution in [0.25, 0.3) is 0 Å². The molecule has 1 fully saturated rings. The van der Waals surface area contributed by atoms with Crippen LogP contribution in [-0.2, 0) is 4.79 Å². The predicted octanol–water partition coefficient (Wildman–Crippen LogP) is 1.54. The van der Waals surface area contributed by atoms with Crippen molar-refractivity contribution in [2.24, 2.45) is 5.73 Å². The van der Waals surface area contributed by atoms with E-state index in [4.69, 9.17) is 5.73 Å². The SMILES string of the molecule is CC(=O)SCC1(N)CCCC1. The topological polar surface area (TPSA) is 43.1 Å². The van der Waals surface area contributed by atoms with Crippen LogP contribution in [0.4, 0.5) is 0 Å². The normalized spacial score (nSPS) is 22.0. The third kappa shape index (κ3) is 2.83. The first-order valence-electron chi connectivity index (χ1n) is 4.05. The molecule has 3 heteroatoms. The van der Waals surface area contributed by atoms with Gasteiger partial charge in [0.1, 0.15) is 0 Å². The van der Waals surface area contributed by atoms with Gasteiger partial charge >= 0.3 is 0 Å². The third-order valence-corrected chi connectivity index (χ3v) is 3.29. The van der Waals surface area contributed by atoms with Gasteiger partial charge in [-0.15, -0.1) is 0 Å². The van der Waals surface area contributed by atoms with E-state index < -0.39 is 0 Å². The van der Waals surface area contributed by atoms with Crippen molar-refractivity contribution < 1.29 is 4.79 Å². The summed E-state index contributed by atoms with van der Waals surface area (Å²) in [7, 11) is 0. The van der Waals surface area contributed by atoms with Crippen molar-refractivity contribution in [2.75, 3.05) is 5.75 Å². The number of carbonyl (C=O) groups is 1. The van der Waals surface area contributed by atoms with Gasteiger partial charge in [-0.05, 0) is 12.8 Å². The number of hydrogen-bond acceptors (Lipinski definition) is 3. The van der Waals surface area contributed by atoms with Crippen molar-refractivity contribution in [3.8, 4) is 0 Å². The Morgan fingerprint density at radius 1 is 1.55 bits per heavy atom. The molecule has 0 heterocycles. The molecule has 0 unspecified atom stereocenters. The molecular formula is C8H15NOS. The second-order valence-corrected chi connectivity index (χ2v) is 4.50. The van der Waals surface area contributed by atoms with Crippen LogP contribution in [0.5, 0.6) is 0 Å². The Labute approximate surface area is 71.9 Å². The van der Waals surface area contributed by atoms with Crippen molar-refractivity contribution in [1.82, 2.24) is 0 Å². The van der Waals surface area contributed by atoms with Crippen molar-refractivity contribution in [1.29, 1.82) is 0 Å². The molecule has 2 N–H and O–H groups in total. The van der Waals surface area contributed by atoms with Gasteiger partial charge in [-0.2, -0.15) is 0 Å². The molecule has 11 heavy (non-hydrogen) atoms. The van der Waals surface area contributed by atoms with Crippen LogP contribution in [0.15, 0.2) is 0 Å². The summed E-state index contributed by atoms with van der Waals surface area (Å²) in [4.78, 5) is 10.7. The Kier molecular flexibility index (Phi) is 2.96. The first kappa shape index (κ1) is 9.07. The standard InChI is InChI=1S/C8H15NOS/c1-7(10)11-6-8(9)4-2-3-5-8/h2-6,9H2,1H3. The Hall–Kier alpha value is -0.0200. The maximum absolute atomic E-state index is 10.7. The summed E-state index contributed by atoms with van der Waals surface area (Å²) >= 11 is 1.36. The Bertz CT molecular complexity index is 152. The number of nitrogens with two attached hydrogens (primary N) is 1. The zero-order valence-corrected chi connectivity index (χ0v) is 7.75. The van der Waals surface area contributed by atoms with Gasteiger partial charge in [-0.25, -0.2) is 0 Å². The number of carbonyl (C=O) groups excluding carboxylic acids is 1. The van der Waals surface area contributed by atoms with Gasteiger partial charge in [-0.1, -0.05) is 24.6 Å². The first-order chi connectivity index (χ1) is 5.12. The molecule has 0 amide bonds. The van der Waals surface area contributed by atoms with E-state index in [-0.39, 0.29) is 10.7 Å². The van der Waals surface area contributed by atoms with Crippen LogP contribution in [0.1, 0.15) is 32.6 Å². The molecular weight excluding hydrogens is 158 g/mol. The Morgan fingerprint density at radius 3 is 2.55 bits per heavy atom. The maximum atomic E-state index is 10.7. The molecule has 0 aromatic heterocycles. The minimum absolute atomic E-state index is 0.0314. The molecule has 0 radical (unpaired) electrons. The lowest BCUT2D eigenvalue weighted by atomic mass is 10.0. The monoisotopic (exact) mass is 173 g/mol. The molecule has 1 aliphatic carbocycles. The molecule has 0 aliphatic heterocycles. The summed E-state index contributed by atoms with van der Waals surface area (Å²) in [6, 6.07) is 0. The minimum atomic E-state index is -0.0314. The molecule has 1 saturated carbocycles. The number of hydrogen-bond donors (Lipinski definition) is 1. The van der Waals surface area contributed by atoms with Crippen molar-refractivity contribution >= 4 is 16.9 Å². The fraction of sp³-hybridized carbons (Fsp3) is 0.875. The fourth-order valence-electron chi connectivity index (χ4n) is 1.47. The highest BCUT2D eigenvalue weighted by atomic mass is 32.2. The van der Waals surface area contributed by atoms with Gasteiger partial charge in [0, 0.05) is 18.2 Å². The molecule has 2 nitrogen and oxygen atoms in total. The lowest BCUT2D eigenvalue weighted by molar-refractivity contribution is -0.109. The molecule has 0 aromatic rings. The van der Waals surface area contributed by atoms with Crippen LogP contribution < -0.4 is 5.73 Å². The average Bonchev–Trinajstić information content (AvgIpc) is 2.33. The average molecular weight is 173 g/mol. The zero-order valence-electron chi connectivity index (χ0n) is 6.93. The van der Waals surface area contributed by atoms with Crippen molar-refractivity contribution in [2.45, 2.75) is 38.1 Å². The van der Waals surface area contributed by atoms with E-state index in [1.54, 1.807) is 6.92 Å². The number of rotatable bonds is 2. The van der Waals surface area contributed by atoms with E-state index in [0.717, 1.165) is 18.6 Å². The molecule has 64 valence electrons. The maximum Gasteiger partial charge on any atom is 0.185 e. The lowest BCUT2D eigenvalue weighted by Gasteiger charge is -2.21. The highest BCUT2D eigenvalue weighted by Gasteiger charge is 2.29. The predicted molar refractivity (Wildman–Crippen MR) is 48.5 cm³/mol. The van der Waals surface area contributed by atoms with Crippen LogP contribution in [0.2, 0.25) is 0 Å². The quantitative estimate of drug-likeness (QED) is 0.688. The second-order valence-electron chi connectivity index (χ2n) is 3.35. The summed E-state index contributed by atoms with van der Waals surface area (Å²) < 4.78 is 0. The van der Waals surface area contributed by atoms with Crippen LogP contribution in [-0.4, -0.2) is 16.4 Å². The highest BCUT2D eigenvalue weighted by molar-refractivity contribution is 8.13. The van der Waals surface area contributed by atoms with E-state index in [9.17, 15) is 4.79 Å². The van der Waals surface area contributed by atoms with Crippen molar-refractivity contribution in [3.05, 3.63) is 0 Å².